The second kappa shape index (κ2) is 8.54. The summed E-state index contributed by atoms with van der Waals surface area (Å²) >= 11 is 0. The predicted molar refractivity (Wildman–Crippen MR) is 84.2 cm³/mol. The van der Waals surface area contributed by atoms with Crippen LogP contribution in [0.2, 0.25) is 0 Å². The van der Waals surface area contributed by atoms with Gasteiger partial charge in [0, 0.05) is 0 Å². The van der Waals surface area contributed by atoms with E-state index >= 15 is 0 Å². The maximum Gasteiger partial charge on any atom is 0.358 e. The van der Waals surface area contributed by atoms with Crippen LogP contribution >= 0.6 is 22.8 Å². The fraction of sp³-hybridized carbons (Fsp3) is 0.900. The monoisotopic (exact) mass is 412 g/mol. The Morgan fingerprint density at radius 2 is 1.25 bits per heavy atom. The van der Waals surface area contributed by atoms with Crippen molar-refractivity contribution in [2.75, 3.05) is 19.8 Å². The molecular formula is C10H23O11P3. The Kier molecular flexibility index (Phi) is 8.51. The fourth-order valence-electron chi connectivity index (χ4n) is 2.12. The van der Waals surface area contributed by atoms with E-state index in [1.807, 2.05) is 0 Å². The van der Waals surface area contributed by atoms with Crippen LogP contribution in [0.5, 0.6) is 0 Å². The smallest absolute Gasteiger partial charge is 0.358 e. The number of carbonyl (C=O) groups is 1. The molecule has 144 valence electrons. The van der Waals surface area contributed by atoms with Crippen LogP contribution in [-0.4, -0.2) is 56.1 Å². The summed E-state index contributed by atoms with van der Waals surface area (Å²) in [5, 5.41) is 9.54. The second-order valence-electron chi connectivity index (χ2n) is 4.57. The number of hydrogen-bond donors (Lipinski definition) is 4. The largest absolute Gasteiger partial charge is 0.480 e. The molecule has 0 saturated carbocycles. The maximum atomic E-state index is 12.5. The van der Waals surface area contributed by atoms with Gasteiger partial charge in [-0.3, -0.25) is 18.5 Å². The first kappa shape index (κ1) is 23.9. The highest BCUT2D eigenvalue weighted by molar-refractivity contribution is 7.76. The summed E-state index contributed by atoms with van der Waals surface area (Å²) in [6, 6.07) is 0. The van der Waals surface area contributed by atoms with E-state index in [9.17, 15) is 38.3 Å². The Labute approximate surface area is 139 Å². The Hall–Kier alpha value is -0.0800. The van der Waals surface area contributed by atoms with Gasteiger partial charge in [-0.05, 0) is 27.7 Å². The zero-order chi connectivity index (χ0) is 19.4. The summed E-state index contributed by atoms with van der Waals surface area (Å²) in [7, 11) is -15.8. The third-order valence-corrected chi connectivity index (χ3v) is 11.2. The lowest BCUT2D eigenvalue weighted by Gasteiger charge is -2.39. The van der Waals surface area contributed by atoms with Gasteiger partial charge in [-0.25, -0.2) is 0 Å². The summed E-state index contributed by atoms with van der Waals surface area (Å²) in [4.78, 5) is 38.4. The van der Waals surface area contributed by atoms with Crippen LogP contribution in [0.3, 0.4) is 0 Å². The molecule has 0 aromatic carbocycles. The molecule has 0 spiro atoms. The van der Waals surface area contributed by atoms with Gasteiger partial charge >= 0.3 is 28.8 Å². The molecule has 0 aromatic heterocycles. The molecule has 0 heterocycles. The molecule has 0 fully saturated rings. The Balaban J connectivity index is 6.79. The number of rotatable bonds is 11. The van der Waals surface area contributed by atoms with E-state index in [-0.39, 0.29) is 6.61 Å². The van der Waals surface area contributed by atoms with E-state index in [0.29, 0.717) is 0 Å². The minimum Gasteiger partial charge on any atom is -0.480 e. The lowest BCUT2D eigenvalue weighted by molar-refractivity contribution is -0.138. The summed E-state index contributed by atoms with van der Waals surface area (Å²) in [5.41, 5.74) is -2.28. The van der Waals surface area contributed by atoms with Gasteiger partial charge in [0.25, 0.3) is 4.90 Å². The average molecular weight is 412 g/mol. The van der Waals surface area contributed by atoms with Crippen molar-refractivity contribution >= 4 is 28.8 Å². The number of carboxylic acids is 1. The van der Waals surface area contributed by atoms with E-state index in [2.05, 4.69) is 13.6 Å². The van der Waals surface area contributed by atoms with E-state index in [0.717, 1.165) is 6.92 Å². The van der Waals surface area contributed by atoms with Crippen LogP contribution < -0.4 is 0 Å². The van der Waals surface area contributed by atoms with Gasteiger partial charge in [-0.15, -0.1) is 0 Å². The highest BCUT2D eigenvalue weighted by Gasteiger charge is 2.75. The van der Waals surface area contributed by atoms with Gasteiger partial charge in [0.1, 0.15) is 0 Å². The third kappa shape index (κ3) is 4.18. The predicted octanol–water partition coefficient (Wildman–Crippen LogP) is 1.82. The Morgan fingerprint density at radius 1 is 0.917 bits per heavy atom. The molecule has 0 saturated heterocycles. The SMILES string of the molecule is CCOP(=O)(O)C(C)C(C(=O)O)(P(=O)(O)OCC)P(=O)(O)OCC. The highest BCUT2D eigenvalue weighted by atomic mass is 31.2. The van der Waals surface area contributed by atoms with Gasteiger partial charge in [-0.2, -0.15) is 0 Å². The van der Waals surface area contributed by atoms with Gasteiger partial charge in [-0.1, -0.05) is 0 Å². The number of aliphatic carboxylic acids is 1. The molecule has 0 rings (SSSR count). The molecule has 4 N–H and O–H groups in total. The van der Waals surface area contributed by atoms with Crippen molar-refractivity contribution in [3.63, 3.8) is 0 Å². The van der Waals surface area contributed by atoms with E-state index in [1.165, 1.54) is 20.8 Å². The Bertz CT molecular complexity index is 563. The molecule has 0 bridgehead atoms. The molecule has 0 amide bonds. The average Bonchev–Trinajstić information content (AvgIpc) is 2.37. The van der Waals surface area contributed by atoms with Crippen LogP contribution in [0, 0.1) is 0 Å². The summed E-state index contributed by atoms with van der Waals surface area (Å²) in [6.45, 7) is 3.21. The van der Waals surface area contributed by atoms with Gasteiger partial charge < -0.3 is 33.4 Å². The summed E-state index contributed by atoms with van der Waals surface area (Å²) < 4.78 is 50.9. The fourth-order valence-corrected chi connectivity index (χ4v) is 9.18. The molecule has 11 nitrogen and oxygen atoms in total. The van der Waals surface area contributed by atoms with Crippen molar-refractivity contribution in [3.8, 4) is 0 Å². The van der Waals surface area contributed by atoms with E-state index < -0.39 is 52.5 Å². The molecule has 14 heteroatoms. The molecule has 0 aliphatic heterocycles. The lowest BCUT2D eigenvalue weighted by Crippen LogP contribution is -2.48. The van der Waals surface area contributed by atoms with Crippen molar-refractivity contribution in [1.82, 2.24) is 0 Å². The van der Waals surface area contributed by atoms with Crippen LogP contribution in [0.15, 0.2) is 0 Å². The van der Waals surface area contributed by atoms with Crippen molar-refractivity contribution in [2.24, 2.45) is 0 Å². The molecule has 0 radical (unpaired) electrons. The molecule has 4 unspecified atom stereocenters. The number of hydrogen-bond acceptors (Lipinski definition) is 7. The molecule has 0 aromatic rings. The van der Waals surface area contributed by atoms with E-state index in [1.54, 1.807) is 0 Å². The molecule has 0 aliphatic carbocycles. The van der Waals surface area contributed by atoms with Crippen LogP contribution in [0.4, 0.5) is 0 Å². The van der Waals surface area contributed by atoms with Crippen LogP contribution in [-0.2, 0) is 32.1 Å². The third-order valence-electron chi connectivity index (χ3n) is 3.17. The topological polar surface area (TPSA) is 177 Å². The number of carboxylic acid groups (broad SMARTS) is 1. The highest BCUT2D eigenvalue weighted by Crippen LogP contribution is 2.79. The van der Waals surface area contributed by atoms with Crippen molar-refractivity contribution < 1.29 is 51.8 Å². The second-order valence-corrected chi connectivity index (χ2v) is 11.1. The minimum atomic E-state index is -5.47. The van der Waals surface area contributed by atoms with Gasteiger partial charge in [0.15, 0.2) is 0 Å². The molecule has 4 atom stereocenters. The van der Waals surface area contributed by atoms with Crippen molar-refractivity contribution in [2.45, 2.75) is 38.3 Å². The van der Waals surface area contributed by atoms with Gasteiger partial charge in [0.05, 0.1) is 25.5 Å². The standard InChI is InChI=1S/C10H23O11P3/c1-5-19-22(13,14)8(4)10(9(11)12,23(15,16)20-6-2)24(17,18)21-7-3/h8H,5-7H2,1-4H3,(H,11,12)(H,13,14)(H,15,16)(H,17,18). The summed E-state index contributed by atoms with van der Waals surface area (Å²) in [5.74, 6) is -2.29. The van der Waals surface area contributed by atoms with Gasteiger partial charge in [0.2, 0.25) is 0 Å². The first-order valence-corrected chi connectivity index (χ1v) is 11.7. The minimum absolute atomic E-state index is 0.345. The van der Waals surface area contributed by atoms with Crippen molar-refractivity contribution in [1.29, 1.82) is 0 Å². The Morgan fingerprint density at radius 3 is 1.50 bits per heavy atom. The molecular weight excluding hydrogens is 389 g/mol. The molecule has 24 heavy (non-hydrogen) atoms. The van der Waals surface area contributed by atoms with Crippen molar-refractivity contribution in [3.05, 3.63) is 0 Å². The first-order valence-electron chi connectivity index (χ1n) is 6.93. The lowest BCUT2D eigenvalue weighted by atomic mass is 10.3. The summed E-state index contributed by atoms with van der Waals surface area (Å²) in [6.07, 6.45) is 0. The normalized spacial score (nSPS) is 23.3. The van der Waals surface area contributed by atoms with Crippen LogP contribution in [0.25, 0.3) is 0 Å². The first-order chi connectivity index (χ1) is 10.8. The zero-order valence-corrected chi connectivity index (χ0v) is 16.4. The van der Waals surface area contributed by atoms with Crippen LogP contribution in [0.1, 0.15) is 27.7 Å². The maximum absolute atomic E-state index is 12.5. The molecule has 0 aliphatic rings. The zero-order valence-electron chi connectivity index (χ0n) is 13.7. The quantitative estimate of drug-likeness (QED) is 0.364. The van der Waals surface area contributed by atoms with E-state index in [4.69, 9.17) is 0 Å².